The fourth-order valence-corrected chi connectivity index (χ4v) is 14.5. The summed E-state index contributed by atoms with van der Waals surface area (Å²) in [4.78, 5) is 72.6. The minimum atomic E-state index is -0.923. The van der Waals surface area contributed by atoms with E-state index in [0.29, 0.717) is 134 Å². The first kappa shape index (κ1) is 97.6. The van der Waals surface area contributed by atoms with Crippen LogP contribution in [0.3, 0.4) is 0 Å². The van der Waals surface area contributed by atoms with Crippen molar-refractivity contribution in [2.45, 2.75) is 45.7 Å². The third-order valence-corrected chi connectivity index (χ3v) is 21.5. The van der Waals surface area contributed by atoms with Crippen LogP contribution in [0.2, 0.25) is 40.2 Å². The van der Waals surface area contributed by atoms with Crippen LogP contribution >= 0.6 is 125 Å². The van der Waals surface area contributed by atoms with E-state index in [4.69, 9.17) is 126 Å². The molecular weight excluding hydrogens is 1880 g/mol. The summed E-state index contributed by atoms with van der Waals surface area (Å²) in [6.07, 6.45) is 0.910. The number of benzene rings is 12. The van der Waals surface area contributed by atoms with Gasteiger partial charge in [0.05, 0.1) is 123 Å². The lowest BCUT2D eigenvalue weighted by atomic mass is 10.1. The van der Waals surface area contributed by atoms with Crippen molar-refractivity contribution in [2.24, 2.45) is 0 Å². The maximum absolute atomic E-state index is 13.0. The Morgan fingerprint density at radius 3 is 0.992 bits per heavy atom. The van der Waals surface area contributed by atoms with E-state index >= 15 is 0 Å². The van der Waals surface area contributed by atoms with Crippen LogP contribution in [-0.2, 0) is 45.7 Å². The van der Waals surface area contributed by atoms with Gasteiger partial charge in [0.25, 0.3) is 35.4 Å². The molecule has 0 bridgehead atoms. The number of rotatable bonds is 24. The van der Waals surface area contributed by atoms with Gasteiger partial charge < -0.3 is 65.1 Å². The molecule has 0 aliphatic carbocycles. The monoisotopic (exact) mass is 1950 g/mol. The number of hydrogen-bond acceptors (Lipinski definition) is 13. The first-order valence-electron chi connectivity index (χ1n) is 37.0. The van der Waals surface area contributed by atoms with E-state index in [-0.39, 0.29) is 47.6 Å². The number of amides is 6. The quantitative estimate of drug-likeness (QED) is 0.0330. The van der Waals surface area contributed by atoms with Crippen molar-refractivity contribution in [2.75, 3.05) is 49.3 Å². The Morgan fingerprint density at radius 1 is 0.309 bits per heavy atom. The first-order chi connectivity index (χ1) is 59.2. The average molecular weight is 1960 g/mol. The highest BCUT2D eigenvalue weighted by Crippen LogP contribution is 2.33. The third kappa shape index (κ3) is 29.7. The van der Waals surface area contributed by atoms with E-state index in [1.54, 1.807) is 158 Å². The van der Waals surface area contributed by atoms with Gasteiger partial charge in [0, 0.05) is 54.6 Å². The molecule has 1 heterocycles. The van der Waals surface area contributed by atoms with Crippen molar-refractivity contribution in [3.8, 4) is 40.2 Å². The summed E-state index contributed by atoms with van der Waals surface area (Å²) in [5.41, 5.74) is 8.67. The number of fused-ring (bicyclic) bond motifs is 1. The highest BCUT2D eigenvalue weighted by Gasteiger charge is 2.21. The van der Waals surface area contributed by atoms with Crippen LogP contribution in [0.25, 0.3) is 0 Å². The molecule has 0 spiro atoms. The normalized spacial score (nSPS) is 10.6. The largest absolute Gasteiger partial charge is 0.497 e. The lowest BCUT2D eigenvalue weighted by molar-refractivity contribution is 0.0942. The Balaban J connectivity index is 0.000000183. The lowest BCUT2D eigenvalue weighted by Crippen LogP contribution is -2.23. The minimum Gasteiger partial charge on any atom is -0.497 e. The van der Waals surface area contributed by atoms with Gasteiger partial charge in [-0.15, -0.1) is 0 Å². The molecule has 0 aromatic heterocycles. The smallest absolute Gasteiger partial charge is 0.254 e. The summed E-state index contributed by atoms with van der Waals surface area (Å²) >= 11 is 54.7. The maximum atomic E-state index is 13.0. The number of ether oxygens (including phenoxy) is 7. The second-order valence-corrected chi connectivity index (χ2v) is 30.8. The summed E-state index contributed by atoms with van der Waals surface area (Å²) < 4.78 is 63.7. The molecule has 0 saturated heterocycles. The molecule has 0 saturated carbocycles. The van der Waals surface area contributed by atoms with Gasteiger partial charge in [-0.05, 0) is 210 Å². The molecule has 31 heteroatoms. The SMILES string of the molecule is COc1ccc(CNC(=O)c2c(Cl)cccc2Cl)cc1.COc1ccc(CNC(=O)c2c(Cl)cccc2Cl)cc1OC.COc1ccc(CNC(=O)c2ccccc2Br)cc1OC.COc1cccc(CNC(=O)c2c(Cl)cccc2Cl)c1.O=C(NCc1ccc(F)c(F)c1)c1ccccc1Br.O=C(NCc1ccc2c(c1)CCO2)c1c(Cl)cccc1Cl. The van der Waals surface area contributed by atoms with Crippen molar-refractivity contribution in [3.05, 3.63) is 376 Å². The second-order valence-electron chi connectivity index (χ2n) is 25.8. The zero-order chi connectivity index (χ0) is 89.1. The Labute approximate surface area is 767 Å². The van der Waals surface area contributed by atoms with Gasteiger partial charge in [-0.2, -0.15) is 0 Å². The van der Waals surface area contributed by atoms with E-state index in [1.807, 2.05) is 103 Å². The second kappa shape index (κ2) is 50.1. The van der Waals surface area contributed by atoms with Gasteiger partial charge in [-0.1, -0.05) is 196 Å². The highest BCUT2D eigenvalue weighted by molar-refractivity contribution is 9.10. The number of hydrogen-bond donors (Lipinski definition) is 6. The zero-order valence-electron chi connectivity index (χ0n) is 66.6. The van der Waals surface area contributed by atoms with E-state index in [0.717, 1.165) is 74.7 Å². The van der Waals surface area contributed by atoms with E-state index in [2.05, 4.69) is 69.8 Å². The zero-order valence-corrected chi connectivity index (χ0v) is 75.8. The molecule has 0 radical (unpaired) electrons. The standard InChI is InChI=1S/C16H16BrNO3.C16H15Cl2NO3.C16H13Cl2NO2.2C15H13Cl2NO2.C14H10BrF2NO/c1-20-14-8-7-11(9-15(14)21-2)10-18-16(19)12-5-3-4-6-13(12)17;1-21-13-7-6-10(8-14(13)22-2)9-19-16(20)15-11(17)4-3-5-12(15)18;17-12-2-1-3-13(18)15(12)16(20)19-9-10-4-5-14-11(8-10)6-7-21-14;1-20-11-5-2-4-10(8-11)9-18-15(19)14-12(16)6-3-7-13(14)17;1-20-11-7-5-10(6-8-11)9-18-15(19)14-12(16)3-2-4-13(14)17;15-11-4-2-1-3-10(11)14(19)18-8-9-5-6-12(16)13(17)7-9/h3-9H,10H2,1-2H3,(H,18,19);3-8H,9H2,1-2H3,(H,19,20);1-5,8H,6-7,9H2,(H,19,20);2*2-8H,9H2,1H3,(H,18,19);1-7H,8H2,(H,18,19). The Bertz CT molecular complexity index is 5590. The van der Waals surface area contributed by atoms with E-state index in [1.165, 1.54) is 11.6 Å². The van der Waals surface area contributed by atoms with Crippen molar-refractivity contribution in [1.29, 1.82) is 0 Å². The van der Waals surface area contributed by atoms with E-state index < -0.39 is 11.6 Å². The van der Waals surface area contributed by atoms with Crippen LogP contribution in [0.4, 0.5) is 8.78 Å². The number of halogens is 12. The summed E-state index contributed by atoms with van der Waals surface area (Å²) in [5, 5.41) is 19.4. The molecule has 12 aromatic carbocycles. The van der Waals surface area contributed by atoms with E-state index in [9.17, 15) is 37.5 Å². The molecule has 0 fully saturated rings. The Hall–Kier alpha value is -10.8. The predicted molar refractivity (Wildman–Crippen MR) is 488 cm³/mol. The van der Waals surface area contributed by atoms with Gasteiger partial charge in [0.15, 0.2) is 34.6 Å². The van der Waals surface area contributed by atoms with Gasteiger partial charge in [-0.25, -0.2) is 8.78 Å². The third-order valence-electron chi connectivity index (χ3n) is 17.6. The molecule has 6 N–H and O–H groups in total. The molecule has 19 nitrogen and oxygen atoms in total. The molecule has 0 atom stereocenters. The van der Waals surface area contributed by atoms with Gasteiger partial charge in [0.2, 0.25) is 0 Å². The van der Waals surface area contributed by atoms with Crippen LogP contribution in [0.15, 0.2) is 252 Å². The molecule has 123 heavy (non-hydrogen) atoms. The van der Waals surface area contributed by atoms with Crippen LogP contribution in [0, 0.1) is 11.6 Å². The van der Waals surface area contributed by atoms with Crippen LogP contribution < -0.4 is 65.1 Å². The molecule has 6 amide bonds. The van der Waals surface area contributed by atoms with Crippen LogP contribution in [-0.4, -0.2) is 84.7 Å². The van der Waals surface area contributed by atoms with Crippen molar-refractivity contribution >= 4 is 160 Å². The molecule has 12 aromatic rings. The molecule has 13 rings (SSSR count). The number of nitrogens with one attached hydrogen (secondary N) is 6. The summed E-state index contributed by atoms with van der Waals surface area (Å²) in [5.74, 6) is 1.55. The molecule has 1 aliphatic rings. The topological polar surface area (TPSA) is 239 Å². The summed E-state index contributed by atoms with van der Waals surface area (Å²) in [6.45, 7) is 2.79. The lowest BCUT2D eigenvalue weighted by Gasteiger charge is -2.11. The molecule has 1 aliphatic heterocycles. The molecule has 0 unspecified atom stereocenters. The van der Waals surface area contributed by atoms with Gasteiger partial charge in [0.1, 0.15) is 17.2 Å². The Kier molecular flexibility index (Phi) is 39.8. The number of methoxy groups -OCH3 is 6. The summed E-state index contributed by atoms with van der Waals surface area (Å²) in [7, 11) is 9.51. The fraction of sp³-hybridized carbons (Fsp3) is 0.152. The fourth-order valence-electron chi connectivity index (χ4n) is 11.3. The average Bonchev–Trinajstić information content (AvgIpc) is 1.82. The van der Waals surface area contributed by atoms with Gasteiger partial charge in [-0.3, -0.25) is 28.8 Å². The molecular formula is C92H80Br2Cl8F2N6O13. The van der Waals surface area contributed by atoms with Crippen LogP contribution in [0.1, 0.15) is 101 Å². The Morgan fingerprint density at radius 2 is 0.626 bits per heavy atom. The number of carbonyl (C=O) groups is 6. The number of carbonyl (C=O) groups excluding carboxylic acids is 6. The van der Waals surface area contributed by atoms with Crippen molar-refractivity contribution < 1.29 is 70.7 Å². The highest BCUT2D eigenvalue weighted by atomic mass is 79.9. The summed E-state index contributed by atoms with van der Waals surface area (Å²) in [6, 6.07) is 69.5. The van der Waals surface area contributed by atoms with Crippen LogP contribution in [0.5, 0.6) is 40.2 Å². The first-order valence-corrected chi connectivity index (χ1v) is 41.6. The van der Waals surface area contributed by atoms with Crippen molar-refractivity contribution in [3.63, 3.8) is 0 Å². The molecule has 640 valence electrons. The van der Waals surface area contributed by atoms with Crippen molar-refractivity contribution in [1.82, 2.24) is 31.9 Å². The van der Waals surface area contributed by atoms with Gasteiger partial charge >= 0.3 is 0 Å². The maximum Gasteiger partial charge on any atom is 0.254 e. The minimum absolute atomic E-state index is 0.128. The predicted octanol–water partition coefficient (Wildman–Crippen LogP) is 22.7.